The van der Waals surface area contributed by atoms with Crippen LogP contribution in [0.5, 0.6) is 5.75 Å². The maximum Gasteiger partial charge on any atom is 0.256 e. The molecule has 4 heteroatoms. The molecule has 4 nitrogen and oxygen atoms in total. The van der Waals surface area contributed by atoms with Gasteiger partial charge in [-0.3, -0.25) is 9.36 Å². The lowest BCUT2D eigenvalue weighted by Gasteiger charge is -2.18. The molecule has 0 radical (unpaired) electrons. The first-order valence-electron chi connectivity index (χ1n) is 9.97. The van der Waals surface area contributed by atoms with Crippen molar-refractivity contribution >= 4 is 21.7 Å². The number of hydrogen-bond acceptors (Lipinski definition) is 3. The lowest BCUT2D eigenvalue weighted by atomic mass is 9.99. The minimum absolute atomic E-state index is 0.0775. The van der Waals surface area contributed by atoms with E-state index in [1.165, 1.54) is 16.3 Å². The number of benzene rings is 3. The van der Waals surface area contributed by atoms with Crippen molar-refractivity contribution in [3.05, 3.63) is 88.2 Å². The summed E-state index contributed by atoms with van der Waals surface area (Å²) >= 11 is 0. The van der Waals surface area contributed by atoms with Gasteiger partial charge in [0, 0.05) is 24.2 Å². The molecule has 1 aromatic heterocycles. The van der Waals surface area contributed by atoms with Crippen molar-refractivity contribution in [1.29, 1.82) is 0 Å². The molecule has 4 aromatic rings. The maximum absolute atomic E-state index is 13.1. The van der Waals surface area contributed by atoms with Crippen LogP contribution in [0.15, 0.2) is 71.5 Å². The summed E-state index contributed by atoms with van der Waals surface area (Å²) in [7, 11) is 1.61. The van der Waals surface area contributed by atoms with Crippen molar-refractivity contribution in [2.75, 3.05) is 7.11 Å². The van der Waals surface area contributed by atoms with E-state index in [-0.39, 0.29) is 18.1 Å². The van der Waals surface area contributed by atoms with Crippen LogP contribution in [0.4, 0.5) is 0 Å². The van der Waals surface area contributed by atoms with E-state index in [1.54, 1.807) is 11.7 Å². The van der Waals surface area contributed by atoms with Gasteiger partial charge in [-0.25, -0.2) is 0 Å². The fourth-order valence-electron chi connectivity index (χ4n) is 3.91. The van der Waals surface area contributed by atoms with E-state index < -0.39 is 0 Å². The molecule has 150 valence electrons. The number of nitrogens with one attached hydrogen (secondary N) is 1. The van der Waals surface area contributed by atoms with Crippen LogP contribution >= 0.6 is 0 Å². The molecule has 0 fully saturated rings. The Morgan fingerprint density at radius 1 is 1.07 bits per heavy atom. The number of rotatable bonds is 6. The molecule has 0 aliphatic carbocycles. The predicted molar refractivity (Wildman–Crippen MR) is 123 cm³/mol. The maximum atomic E-state index is 13.1. The van der Waals surface area contributed by atoms with Crippen LogP contribution < -0.4 is 15.6 Å². The fourth-order valence-corrected chi connectivity index (χ4v) is 3.91. The molecule has 1 atom stereocenters. The van der Waals surface area contributed by atoms with Gasteiger partial charge in [-0.2, -0.15) is 0 Å². The molecule has 0 spiro atoms. The van der Waals surface area contributed by atoms with Crippen LogP contribution in [0.25, 0.3) is 21.7 Å². The second-order valence-corrected chi connectivity index (χ2v) is 7.36. The number of pyridine rings is 1. The molecule has 30 heavy (non-hydrogen) atoms. The summed E-state index contributed by atoms with van der Waals surface area (Å²) in [5.74, 6) is 3.29. The van der Waals surface area contributed by atoms with Gasteiger partial charge in [-0.05, 0) is 46.8 Å². The van der Waals surface area contributed by atoms with Crippen molar-refractivity contribution < 1.29 is 4.74 Å². The van der Waals surface area contributed by atoms with E-state index in [1.807, 2.05) is 30.3 Å². The number of fused-ring (bicyclic) bond motifs is 2. The van der Waals surface area contributed by atoms with Gasteiger partial charge in [0.2, 0.25) is 0 Å². The van der Waals surface area contributed by atoms with E-state index in [0.29, 0.717) is 17.9 Å². The Morgan fingerprint density at radius 2 is 1.87 bits per heavy atom. The van der Waals surface area contributed by atoms with Crippen molar-refractivity contribution in [1.82, 2.24) is 9.88 Å². The highest BCUT2D eigenvalue weighted by Gasteiger charge is 2.13. The highest BCUT2D eigenvalue weighted by molar-refractivity contribution is 5.86. The molecule has 0 unspecified atom stereocenters. The third-order valence-electron chi connectivity index (χ3n) is 5.52. The Hall–Kier alpha value is -3.55. The van der Waals surface area contributed by atoms with Gasteiger partial charge in [-0.1, -0.05) is 48.4 Å². The SMILES string of the molecule is C#CCn1c(=O)c(CN[C@H](C)c2cccc3ccccc23)cc2ccc(OC)cc21. The Kier molecular flexibility index (Phi) is 5.56. The number of hydrogen-bond donors (Lipinski definition) is 1. The second-order valence-electron chi connectivity index (χ2n) is 7.36. The summed E-state index contributed by atoms with van der Waals surface area (Å²) in [6.45, 7) is 2.79. The average Bonchev–Trinajstić information content (AvgIpc) is 2.79. The molecule has 0 aliphatic heterocycles. The fraction of sp³-hybridized carbons (Fsp3) is 0.192. The van der Waals surface area contributed by atoms with Crippen LogP contribution in [0.1, 0.15) is 24.1 Å². The van der Waals surface area contributed by atoms with E-state index in [4.69, 9.17) is 11.2 Å². The highest BCUT2D eigenvalue weighted by atomic mass is 16.5. The first kappa shape index (κ1) is 19.8. The van der Waals surface area contributed by atoms with Crippen LogP contribution in [-0.4, -0.2) is 11.7 Å². The standard InChI is InChI=1S/C26H24N2O2/c1-4-14-28-25-16-22(30-3)13-12-20(25)15-21(26(28)29)17-27-18(2)23-11-7-9-19-8-5-6-10-24(19)23/h1,5-13,15-16,18,27H,14,17H2,2-3H3/t18-/m1/s1. The minimum atomic E-state index is -0.0775. The minimum Gasteiger partial charge on any atom is -0.497 e. The van der Waals surface area contributed by atoms with E-state index in [9.17, 15) is 4.79 Å². The molecule has 1 N–H and O–H groups in total. The summed E-state index contributed by atoms with van der Waals surface area (Å²) in [5.41, 5.74) is 2.60. The van der Waals surface area contributed by atoms with E-state index >= 15 is 0 Å². The van der Waals surface area contributed by atoms with Crippen LogP contribution in [-0.2, 0) is 13.1 Å². The van der Waals surface area contributed by atoms with Gasteiger partial charge in [-0.15, -0.1) is 6.42 Å². The van der Waals surface area contributed by atoms with Crippen molar-refractivity contribution in [3.63, 3.8) is 0 Å². The quantitative estimate of drug-likeness (QED) is 0.483. The summed E-state index contributed by atoms with van der Waals surface area (Å²) in [4.78, 5) is 13.1. The Labute approximate surface area is 176 Å². The van der Waals surface area contributed by atoms with Gasteiger partial charge >= 0.3 is 0 Å². The molecule has 3 aromatic carbocycles. The molecule has 0 amide bonds. The van der Waals surface area contributed by atoms with Gasteiger partial charge in [0.25, 0.3) is 5.56 Å². The van der Waals surface area contributed by atoms with Crippen molar-refractivity contribution in [2.45, 2.75) is 26.1 Å². The van der Waals surface area contributed by atoms with Gasteiger partial charge in [0.1, 0.15) is 5.75 Å². The zero-order valence-electron chi connectivity index (χ0n) is 17.2. The van der Waals surface area contributed by atoms with E-state index in [0.717, 1.165) is 10.9 Å². The lowest BCUT2D eigenvalue weighted by Crippen LogP contribution is -2.28. The number of nitrogens with zero attached hydrogens (tertiary/aromatic N) is 1. The molecule has 0 saturated carbocycles. The number of ether oxygens (including phenoxy) is 1. The van der Waals surface area contributed by atoms with E-state index in [2.05, 4.69) is 54.6 Å². The smallest absolute Gasteiger partial charge is 0.256 e. The van der Waals surface area contributed by atoms with Gasteiger partial charge in [0.05, 0.1) is 19.2 Å². The average molecular weight is 396 g/mol. The highest BCUT2D eigenvalue weighted by Crippen LogP contribution is 2.25. The van der Waals surface area contributed by atoms with Crippen LogP contribution in [0, 0.1) is 12.3 Å². The Balaban J connectivity index is 1.67. The predicted octanol–water partition coefficient (Wildman–Crippen LogP) is 4.65. The molecule has 0 aliphatic rings. The normalized spacial score (nSPS) is 12.0. The zero-order chi connectivity index (χ0) is 21.1. The molecule has 0 saturated heterocycles. The summed E-state index contributed by atoms with van der Waals surface area (Å²) in [5, 5.41) is 6.90. The largest absolute Gasteiger partial charge is 0.497 e. The lowest BCUT2D eigenvalue weighted by molar-refractivity contribution is 0.415. The molecule has 4 rings (SSSR count). The van der Waals surface area contributed by atoms with Crippen LogP contribution in [0.2, 0.25) is 0 Å². The molecule has 0 bridgehead atoms. The topological polar surface area (TPSA) is 43.3 Å². The second kappa shape index (κ2) is 8.44. The molecule has 1 heterocycles. The zero-order valence-corrected chi connectivity index (χ0v) is 17.2. The number of terminal acetylenes is 1. The molecular formula is C26H24N2O2. The Morgan fingerprint density at radius 3 is 2.67 bits per heavy atom. The van der Waals surface area contributed by atoms with Gasteiger partial charge < -0.3 is 10.1 Å². The first-order chi connectivity index (χ1) is 14.6. The summed E-state index contributed by atoms with van der Waals surface area (Å²) in [6, 6.07) is 22.4. The van der Waals surface area contributed by atoms with Crippen molar-refractivity contribution in [2.24, 2.45) is 0 Å². The Bertz CT molecular complexity index is 1310. The van der Waals surface area contributed by atoms with Crippen molar-refractivity contribution in [3.8, 4) is 18.1 Å². The van der Waals surface area contributed by atoms with Gasteiger partial charge in [0.15, 0.2) is 0 Å². The summed E-state index contributed by atoms with van der Waals surface area (Å²) < 4.78 is 6.95. The molecular weight excluding hydrogens is 372 g/mol. The monoisotopic (exact) mass is 396 g/mol. The third-order valence-corrected chi connectivity index (χ3v) is 5.52. The number of aromatic nitrogens is 1. The summed E-state index contributed by atoms with van der Waals surface area (Å²) in [6.07, 6.45) is 5.54. The van der Waals surface area contributed by atoms with Crippen LogP contribution in [0.3, 0.4) is 0 Å². The number of methoxy groups -OCH3 is 1. The third kappa shape index (κ3) is 3.68. The first-order valence-corrected chi connectivity index (χ1v) is 9.97.